The molecule has 0 unspecified atom stereocenters. The second-order valence-electron chi connectivity index (χ2n) is 7.13. The van der Waals surface area contributed by atoms with Crippen LogP contribution in [-0.4, -0.2) is 11.6 Å². The first-order chi connectivity index (χ1) is 14.7. The van der Waals surface area contributed by atoms with Crippen molar-refractivity contribution in [1.29, 1.82) is 0 Å². The Balaban J connectivity index is 1.81. The Labute approximate surface area is 174 Å². The van der Waals surface area contributed by atoms with E-state index in [-0.39, 0.29) is 5.52 Å². The zero-order chi connectivity index (χ0) is 20.6. The van der Waals surface area contributed by atoms with Gasteiger partial charge in [-0.25, -0.2) is 9.37 Å². The predicted octanol–water partition coefficient (Wildman–Crippen LogP) is 6.12. The highest BCUT2D eigenvalue weighted by atomic mass is 19.1. The van der Waals surface area contributed by atoms with E-state index in [1.807, 2.05) is 85.8 Å². The lowest BCUT2D eigenvalue weighted by Gasteiger charge is -2.36. The SMILES string of the molecule is CCOc1nc2c(F)cccc2c2c1C=CC(c1ccccc1)(c1ccccc1)O2. The fraction of sp³-hybridized carbons (Fsp3) is 0.115. The Hall–Kier alpha value is -3.66. The molecule has 0 radical (unpaired) electrons. The maximum Gasteiger partial charge on any atom is 0.225 e. The zero-order valence-corrected chi connectivity index (χ0v) is 16.5. The maximum absolute atomic E-state index is 14.6. The highest BCUT2D eigenvalue weighted by Gasteiger charge is 2.38. The number of halogens is 1. The van der Waals surface area contributed by atoms with Crippen molar-refractivity contribution >= 4 is 17.0 Å². The molecule has 0 saturated heterocycles. The standard InChI is InChI=1S/C26H20FNO2/c1-2-29-25-21-16-17-26(18-10-5-3-6-11-18,19-12-7-4-8-13-19)30-24(21)20-14-9-15-22(27)23(20)28-25/h3-17H,2H2,1H3. The Morgan fingerprint density at radius 3 is 2.20 bits per heavy atom. The molecular weight excluding hydrogens is 377 g/mol. The number of para-hydroxylation sites is 1. The molecule has 1 aliphatic rings. The first-order valence-corrected chi connectivity index (χ1v) is 9.97. The summed E-state index contributed by atoms with van der Waals surface area (Å²) in [4.78, 5) is 4.44. The lowest BCUT2D eigenvalue weighted by Crippen LogP contribution is -2.34. The van der Waals surface area contributed by atoms with Gasteiger partial charge < -0.3 is 9.47 Å². The predicted molar refractivity (Wildman–Crippen MR) is 116 cm³/mol. The summed E-state index contributed by atoms with van der Waals surface area (Å²) in [6.07, 6.45) is 4.00. The van der Waals surface area contributed by atoms with Crippen molar-refractivity contribution < 1.29 is 13.9 Å². The lowest BCUT2D eigenvalue weighted by molar-refractivity contribution is 0.162. The van der Waals surface area contributed by atoms with Crippen LogP contribution in [0.25, 0.3) is 17.0 Å². The minimum atomic E-state index is -0.848. The van der Waals surface area contributed by atoms with Crippen molar-refractivity contribution in [3.05, 3.63) is 107 Å². The highest BCUT2D eigenvalue weighted by molar-refractivity contribution is 5.92. The van der Waals surface area contributed by atoms with E-state index in [1.54, 1.807) is 6.07 Å². The van der Waals surface area contributed by atoms with Crippen LogP contribution in [0.3, 0.4) is 0 Å². The van der Waals surface area contributed by atoms with E-state index in [0.29, 0.717) is 23.6 Å². The Bertz CT molecular complexity index is 1200. The summed E-state index contributed by atoms with van der Waals surface area (Å²) in [6, 6.07) is 25.0. The molecule has 5 rings (SSSR count). The zero-order valence-electron chi connectivity index (χ0n) is 16.5. The van der Waals surface area contributed by atoms with Gasteiger partial charge in [-0.2, -0.15) is 0 Å². The monoisotopic (exact) mass is 397 g/mol. The van der Waals surface area contributed by atoms with Crippen LogP contribution in [0.1, 0.15) is 23.6 Å². The van der Waals surface area contributed by atoms with Gasteiger partial charge in [-0.05, 0) is 31.2 Å². The van der Waals surface area contributed by atoms with Crippen LogP contribution >= 0.6 is 0 Å². The number of nitrogens with zero attached hydrogens (tertiary/aromatic N) is 1. The van der Waals surface area contributed by atoms with E-state index in [0.717, 1.165) is 16.7 Å². The van der Waals surface area contributed by atoms with Crippen molar-refractivity contribution in [3.63, 3.8) is 0 Å². The fourth-order valence-electron chi connectivity index (χ4n) is 3.96. The van der Waals surface area contributed by atoms with Gasteiger partial charge in [-0.1, -0.05) is 66.7 Å². The Kier molecular flexibility index (Phi) is 4.47. The summed E-state index contributed by atoms with van der Waals surface area (Å²) in [5.41, 5.74) is 2.08. The second-order valence-corrected chi connectivity index (χ2v) is 7.13. The maximum atomic E-state index is 14.6. The molecule has 0 bridgehead atoms. The summed E-state index contributed by atoms with van der Waals surface area (Å²) in [5, 5.41) is 0.619. The van der Waals surface area contributed by atoms with Gasteiger partial charge in [0.25, 0.3) is 0 Å². The summed E-state index contributed by atoms with van der Waals surface area (Å²) in [6.45, 7) is 2.31. The summed E-state index contributed by atoms with van der Waals surface area (Å²) >= 11 is 0. The topological polar surface area (TPSA) is 31.4 Å². The average Bonchev–Trinajstić information content (AvgIpc) is 2.81. The Morgan fingerprint density at radius 2 is 1.57 bits per heavy atom. The van der Waals surface area contributed by atoms with Gasteiger partial charge in [-0.3, -0.25) is 0 Å². The van der Waals surface area contributed by atoms with Crippen molar-refractivity contribution in [2.24, 2.45) is 0 Å². The van der Waals surface area contributed by atoms with Crippen molar-refractivity contribution in [1.82, 2.24) is 4.98 Å². The van der Waals surface area contributed by atoms with E-state index in [2.05, 4.69) is 4.98 Å². The van der Waals surface area contributed by atoms with E-state index in [4.69, 9.17) is 9.47 Å². The van der Waals surface area contributed by atoms with Gasteiger partial charge >= 0.3 is 0 Å². The molecule has 0 aliphatic carbocycles. The number of benzene rings is 3. The number of rotatable bonds is 4. The van der Waals surface area contributed by atoms with E-state index < -0.39 is 11.4 Å². The quantitative estimate of drug-likeness (QED) is 0.416. The van der Waals surface area contributed by atoms with Crippen LogP contribution in [0.15, 0.2) is 84.9 Å². The second kappa shape index (κ2) is 7.30. The van der Waals surface area contributed by atoms with E-state index >= 15 is 0 Å². The highest BCUT2D eigenvalue weighted by Crippen LogP contribution is 2.47. The molecule has 148 valence electrons. The fourth-order valence-corrected chi connectivity index (χ4v) is 3.96. The van der Waals surface area contributed by atoms with Gasteiger partial charge in [0.2, 0.25) is 5.88 Å². The van der Waals surface area contributed by atoms with E-state index in [9.17, 15) is 4.39 Å². The lowest BCUT2D eigenvalue weighted by atomic mass is 9.83. The van der Waals surface area contributed by atoms with E-state index in [1.165, 1.54) is 6.07 Å². The molecule has 0 amide bonds. The molecule has 1 aromatic heterocycles. The average molecular weight is 397 g/mol. The number of hydrogen-bond acceptors (Lipinski definition) is 3. The first kappa shape index (κ1) is 18.4. The Morgan fingerprint density at radius 1 is 0.900 bits per heavy atom. The smallest absolute Gasteiger partial charge is 0.225 e. The molecule has 0 atom stereocenters. The third-order valence-corrected chi connectivity index (χ3v) is 5.35. The molecule has 3 nitrogen and oxygen atoms in total. The summed E-state index contributed by atoms with van der Waals surface area (Å²) in [7, 11) is 0. The third-order valence-electron chi connectivity index (χ3n) is 5.35. The molecule has 0 fully saturated rings. The minimum absolute atomic E-state index is 0.241. The number of aromatic nitrogens is 1. The molecule has 30 heavy (non-hydrogen) atoms. The largest absolute Gasteiger partial charge is 0.477 e. The minimum Gasteiger partial charge on any atom is -0.477 e. The molecule has 3 aromatic carbocycles. The van der Waals surface area contributed by atoms with Crippen LogP contribution in [-0.2, 0) is 5.60 Å². The molecule has 0 spiro atoms. The molecule has 2 heterocycles. The van der Waals surface area contributed by atoms with Crippen molar-refractivity contribution in [2.75, 3.05) is 6.61 Å². The number of fused-ring (bicyclic) bond motifs is 3. The number of ether oxygens (including phenoxy) is 2. The summed E-state index contributed by atoms with van der Waals surface area (Å²) in [5.74, 6) is 0.536. The molecular formula is C26H20FNO2. The number of pyridine rings is 1. The molecule has 1 aliphatic heterocycles. The summed E-state index contributed by atoms with van der Waals surface area (Å²) < 4.78 is 27.1. The molecule has 4 heteroatoms. The van der Waals surface area contributed by atoms with Crippen LogP contribution < -0.4 is 9.47 Å². The molecule has 0 N–H and O–H groups in total. The first-order valence-electron chi connectivity index (χ1n) is 9.97. The van der Waals surface area contributed by atoms with Crippen LogP contribution in [0.4, 0.5) is 4.39 Å². The van der Waals surface area contributed by atoms with Gasteiger partial charge in [0.1, 0.15) is 17.1 Å². The van der Waals surface area contributed by atoms with Crippen LogP contribution in [0.2, 0.25) is 0 Å². The normalized spacial score (nSPS) is 14.2. The molecule has 0 saturated carbocycles. The van der Waals surface area contributed by atoms with Gasteiger partial charge in [0, 0.05) is 16.5 Å². The van der Waals surface area contributed by atoms with Gasteiger partial charge in [0.15, 0.2) is 5.60 Å². The third kappa shape index (κ3) is 2.84. The van der Waals surface area contributed by atoms with Crippen LogP contribution in [0.5, 0.6) is 11.6 Å². The molecule has 4 aromatic rings. The van der Waals surface area contributed by atoms with Crippen LogP contribution in [0, 0.1) is 5.82 Å². The van der Waals surface area contributed by atoms with Gasteiger partial charge in [0.05, 0.1) is 12.2 Å². The van der Waals surface area contributed by atoms with Gasteiger partial charge in [-0.15, -0.1) is 0 Å². The van der Waals surface area contributed by atoms with Crippen molar-refractivity contribution in [2.45, 2.75) is 12.5 Å². The number of hydrogen-bond donors (Lipinski definition) is 0. The van der Waals surface area contributed by atoms with Crippen molar-refractivity contribution in [3.8, 4) is 11.6 Å².